The van der Waals surface area contributed by atoms with Crippen molar-refractivity contribution in [1.82, 2.24) is 5.32 Å². The Kier molecular flexibility index (Phi) is 4.88. The van der Waals surface area contributed by atoms with Gasteiger partial charge in [-0.15, -0.1) is 0 Å². The molecule has 0 aromatic heterocycles. The molecule has 1 aliphatic heterocycles. The Labute approximate surface area is 130 Å². The van der Waals surface area contributed by atoms with Gasteiger partial charge in [-0.1, -0.05) is 11.6 Å². The first-order valence-electron chi connectivity index (χ1n) is 7.60. The molecule has 3 rings (SSSR count). The maximum atomic E-state index is 6.21. The third kappa shape index (κ3) is 4.02. The number of hydrogen-bond acceptors (Lipinski definition) is 4. The molecular weight excluding hydrogens is 290 g/mol. The molecule has 0 unspecified atom stereocenters. The van der Waals surface area contributed by atoms with Gasteiger partial charge < -0.3 is 19.5 Å². The van der Waals surface area contributed by atoms with Crippen molar-refractivity contribution in [2.75, 3.05) is 20.3 Å². The molecular formula is C16H22ClNO3. The lowest BCUT2D eigenvalue weighted by Gasteiger charge is -2.26. The Balaban J connectivity index is 1.78. The van der Waals surface area contributed by atoms with Crippen molar-refractivity contribution in [3.8, 4) is 11.5 Å². The number of benzene rings is 1. The van der Waals surface area contributed by atoms with Crippen molar-refractivity contribution >= 4 is 11.6 Å². The Morgan fingerprint density at radius 2 is 2.00 bits per heavy atom. The molecule has 1 saturated heterocycles. The maximum absolute atomic E-state index is 6.21. The zero-order chi connectivity index (χ0) is 14.7. The molecule has 0 bridgehead atoms. The van der Waals surface area contributed by atoms with Crippen LogP contribution >= 0.6 is 11.6 Å². The first-order valence-corrected chi connectivity index (χ1v) is 7.98. The van der Waals surface area contributed by atoms with E-state index in [1.165, 1.54) is 12.8 Å². The minimum absolute atomic E-state index is 0.188. The third-order valence-corrected chi connectivity index (χ3v) is 4.15. The SMILES string of the molecule is COc1cc(Cl)cc(CNC2CC2)c1OC1CCOCC1. The lowest BCUT2D eigenvalue weighted by Crippen LogP contribution is -2.27. The van der Waals surface area contributed by atoms with Crippen molar-refractivity contribution < 1.29 is 14.2 Å². The van der Waals surface area contributed by atoms with Crippen LogP contribution in [-0.4, -0.2) is 32.5 Å². The molecule has 0 atom stereocenters. The molecule has 0 amide bonds. The smallest absolute Gasteiger partial charge is 0.166 e. The number of rotatable bonds is 6. The predicted molar refractivity (Wildman–Crippen MR) is 82.3 cm³/mol. The van der Waals surface area contributed by atoms with Crippen LogP contribution in [0.1, 0.15) is 31.2 Å². The van der Waals surface area contributed by atoms with Crippen LogP contribution in [0.5, 0.6) is 11.5 Å². The van der Waals surface area contributed by atoms with E-state index < -0.39 is 0 Å². The fourth-order valence-corrected chi connectivity index (χ4v) is 2.77. The monoisotopic (exact) mass is 311 g/mol. The van der Waals surface area contributed by atoms with E-state index in [9.17, 15) is 0 Å². The van der Waals surface area contributed by atoms with Crippen molar-refractivity contribution in [3.05, 3.63) is 22.7 Å². The van der Waals surface area contributed by atoms with E-state index in [-0.39, 0.29) is 6.10 Å². The van der Waals surface area contributed by atoms with Crippen molar-refractivity contribution in [3.63, 3.8) is 0 Å². The molecule has 1 N–H and O–H groups in total. The summed E-state index contributed by atoms with van der Waals surface area (Å²) in [7, 11) is 1.65. The van der Waals surface area contributed by atoms with E-state index in [2.05, 4.69) is 5.32 Å². The number of nitrogens with one attached hydrogen (secondary N) is 1. The number of hydrogen-bond donors (Lipinski definition) is 1. The largest absolute Gasteiger partial charge is 0.493 e. The molecule has 1 heterocycles. The van der Waals surface area contributed by atoms with E-state index in [0.717, 1.165) is 43.9 Å². The second-order valence-electron chi connectivity index (χ2n) is 5.68. The Morgan fingerprint density at radius 3 is 2.67 bits per heavy atom. The third-order valence-electron chi connectivity index (χ3n) is 3.93. The summed E-state index contributed by atoms with van der Waals surface area (Å²) < 4.78 is 17.1. The number of methoxy groups -OCH3 is 1. The van der Waals surface area contributed by atoms with E-state index in [1.54, 1.807) is 7.11 Å². The van der Waals surface area contributed by atoms with Crippen LogP contribution in [0.3, 0.4) is 0 Å². The van der Waals surface area contributed by atoms with Crippen LogP contribution in [0.15, 0.2) is 12.1 Å². The minimum atomic E-state index is 0.188. The van der Waals surface area contributed by atoms with Gasteiger partial charge >= 0.3 is 0 Å². The van der Waals surface area contributed by atoms with Crippen LogP contribution < -0.4 is 14.8 Å². The van der Waals surface area contributed by atoms with Gasteiger partial charge in [0, 0.05) is 42.1 Å². The number of ether oxygens (including phenoxy) is 3. The van der Waals surface area contributed by atoms with Gasteiger partial charge in [-0.25, -0.2) is 0 Å². The summed E-state index contributed by atoms with van der Waals surface area (Å²) in [5.41, 5.74) is 1.07. The van der Waals surface area contributed by atoms with Crippen molar-refractivity contribution in [1.29, 1.82) is 0 Å². The highest BCUT2D eigenvalue weighted by Crippen LogP contribution is 2.37. The van der Waals surface area contributed by atoms with Gasteiger partial charge in [0.05, 0.1) is 20.3 Å². The molecule has 1 aromatic carbocycles. The summed E-state index contributed by atoms with van der Waals surface area (Å²) in [6, 6.07) is 4.43. The molecule has 4 nitrogen and oxygen atoms in total. The highest BCUT2D eigenvalue weighted by Gasteiger charge is 2.23. The standard InChI is InChI=1S/C16H22ClNO3/c1-19-15-9-12(17)8-11(10-18-13-2-3-13)16(15)21-14-4-6-20-7-5-14/h8-9,13-14,18H,2-7,10H2,1H3. The Hall–Kier alpha value is -0.970. The molecule has 1 aromatic rings. The average Bonchev–Trinajstić information content (AvgIpc) is 3.32. The second kappa shape index (κ2) is 6.86. The summed E-state index contributed by atoms with van der Waals surface area (Å²) in [5.74, 6) is 1.53. The van der Waals surface area contributed by atoms with Crippen molar-refractivity contribution in [2.24, 2.45) is 0 Å². The van der Waals surface area contributed by atoms with Gasteiger partial charge in [0.2, 0.25) is 0 Å². The molecule has 1 aliphatic carbocycles. The lowest BCUT2D eigenvalue weighted by molar-refractivity contribution is 0.0241. The van der Waals surface area contributed by atoms with Gasteiger partial charge in [-0.05, 0) is 18.9 Å². The summed E-state index contributed by atoms with van der Waals surface area (Å²) in [6.45, 7) is 2.28. The normalized spacial score (nSPS) is 19.5. The predicted octanol–water partition coefficient (Wildman–Crippen LogP) is 3.16. The van der Waals surface area contributed by atoms with Gasteiger partial charge in [0.15, 0.2) is 11.5 Å². The van der Waals surface area contributed by atoms with E-state index >= 15 is 0 Å². The maximum Gasteiger partial charge on any atom is 0.166 e. The van der Waals surface area contributed by atoms with Gasteiger partial charge in [-0.3, -0.25) is 0 Å². The molecule has 0 spiro atoms. The first kappa shape index (κ1) is 14.9. The first-order chi connectivity index (χ1) is 10.3. The molecule has 0 radical (unpaired) electrons. The van der Waals surface area contributed by atoms with Crippen LogP contribution in [0.4, 0.5) is 0 Å². The molecule has 2 aliphatic rings. The summed E-state index contributed by atoms with van der Waals surface area (Å²) in [6.07, 6.45) is 4.54. The zero-order valence-corrected chi connectivity index (χ0v) is 13.1. The van der Waals surface area contributed by atoms with Crippen LogP contribution in [-0.2, 0) is 11.3 Å². The minimum Gasteiger partial charge on any atom is -0.493 e. The lowest BCUT2D eigenvalue weighted by atomic mass is 10.1. The fraction of sp³-hybridized carbons (Fsp3) is 0.625. The zero-order valence-electron chi connectivity index (χ0n) is 12.4. The fourth-order valence-electron chi connectivity index (χ4n) is 2.54. The van der Waals surface area contributed by atoms with E-state index in [4.69, 9.17) is 25.8 Å². The average molecular weight is 312 g/mol. The summed E-state index contributed by atoms with van der Waals surface area (Å²) in [5, 5.41) is 4.19. The highest BCUT2D eigenvalue weighted by atomic mass is 35.5. The van der Waals surface area contributed by atoms with Gasteiger partial charge in [0.25, 0.3) is 0 Å². The van der Waals surface area contributed by atoms with Crippen LogP contribution in [0.25, 0.3) is 0 Å². The molecule has 2 fully saturated rings. The van der Waals surface area contributed by atoms with Crippen molar-refractivity contribution in [2.45, 2.75) is 44.4 Å². The van der Waals surface area contributed by atoms with Crippen LogP contribution in [0.2, 0.25) is 5.02 Å². The van der Waals surface area contributed by atoms with Gasteiger partial charge in [-0.2, -0.15) is 0 Å². The van der Waals surface area contributed by atoms with Crippen LogP contribution in [0, 0.1) is 0 Å². The second-order valence-corrected chi connectivity index (χ2v) is 6.12. The quantitative estimate of drug-likeness (QED) is 0.876. The summed E-state index contributed by atoms with van der Waals surface area (Å²) in [4.78, 5) is 0. The van der Waals surface area contributed by atoms with Gasteiger partial charge in [0.1, 0.15) is 6.10 Å². The molecule has 5 heteroatoms. The molecule has 116 valence electrons. The van der Waals surface area contributed by atoms with E-state index in [0.29, 0.717) is 16.8 Å². The number of halogens is 1. The molecule has 1 saturated carbocycles. The summed E-state index contributed by atoms with van der Waals surface area (Å²) >= 11 is 6.19. The highest BCUT2D eigenvalue weighted by molar-refractivity contribution is 6.30. The Morgan fingerprint density at radius 1 is 1.24 bits per heavy atom. The molecule has 21 heavy (non-hydrogen) atoms. The topological polar surface area (TPSA) is 39.7 Å². The van der Waals surface area contributed by atoms with E-state index in [1.807, 2.05) is 12.1 Å². The Bertz CT molecular complexity index is 485.